The zero-order valence-corrected chi connectivity index (χ0v) is 21.4. The molecule has 5 heteroatoms. The number of hydrogen-bond acceptors (Lipinski definition) is 4. The molecule has 0 aromatic heterocycles. The highest BCUT2D eigenvalue weighted by atomic mass is 16.3. The van der Waals surface area contributed by atoms with Gasteiger partial charge in [0, 0.05) is 39.0 Å². The molecule has 5 rings (SSSR count). The first-order valence-electron chi connectivity index (χ1n) is 13.8. The highest BCUT2D eigenvalue weighted by Gasteiger charge is 2.59. The first-order chi connectivity index (χ1) is 15.6. The topological polar surface area (TPSA) is 60.9 Å². The molecule has 1 amide bonds. The summed E-state index contributed by atoms with van der Waals surface area (Å²) >= 11 is 0. The molecule has 0 aromatic rings. The molecule has 0 bridgehead atoms. The average molecular weight is 459 g/mol. The van der Waals surface area contributed by atoms with Gasteiger partial charge < -0.3 is 10.0 Å². The summed E-state index contributed by atoms with van der Waals surface area (Å²) in [6.45, 7) is 12.2. The van der Waals surface area contributed by atoms with Crippen molar-refractivity contribution in [2.75, 3.05) is 32.7 Å². The zero-order chi connectivity index (χ0) is 23.5. The number of fused-ring (bicyclic) bond motifs is 5. The number of hydrogen-bond donors (Lipinski definition) is 1. The smallest absolute Gasteiger partial charge is 0.219 e. The first-order valence-corrected chi connectivity index (χ1v) is 13.8. The summed E-state index contributed by atoms with van der Waals surface area (Å²) in [6, 6.07) is 0. The fourth-order valence-corrected chi connectivity index (χ4v) is 9.33. The van der Waals surface area contributed by atoms with Crippen molar-refractivity contribution in [1.82, 2.24) is 9.80 Å². The van der Waals surface area contributed by atoms with E-state index in [-0.39, 0.29) is 17.2 Å². The van der Waals surface area contributed by atoms with Gasteiger partial charge in [-0.05, 0) is 99.2 Å². The molecule has 5 fully saturated rings. The molecule has 0 unspecified atom stereocenters. The number of carbonyl (C=O) groups is 2. The van der Waals surface area contributed by atoms with Crippen molar-refractivity contribution in [3.05, 3.63) is 0 Å². The van der Waals surface area contributed by atoms with Crippen molar-refractivity contribution in [1.29, 1.82) is 0 Å². The fraction of sp³-hybridized carbons (Fsp3) is 0.929. The van der Waals surface area contributed by atoms with Crippen LogP contribution < -0.4 is 0 Å². The van der Waals surface area contributed by atoms with E-state index < -0.39 is 5.60 Å². The Morgan fingerprint density at radius 1 is 0.939 bits per heavy atom. The van der Waals surface area contributed by atoms with Crippen LogP contribution in [0, 0.1) is 46.8 Å². The van der Waals surface area contributed by atoms with Crippen molar-refractivity contribution in [2.45, 2.75) is 84.7 Å². The van der Waals surface area contributed by atoms with E-state index in [0.717, 1.165) is 56.8 Å². The number of piperazine rings is 1. The van der Waals surface area contributed by atoms with E-state index >= 15 is 0 Å². The summed E-state index contributed by atoms with van der Waals surface area (Å²) in [7, 11) is 0. The van der Waals surface area contributed by atoms with Crippen molar-refractivity contribution in [2.24, 2.45) is 46.8 Å². The summed E-state index contributed by atoms with van der Waals surface area (Å²) in [5, 5.41) is 10.9. The maximum absolute atomic E-state index is 13.5. The quantitative estimate of drug-likeness (QED) is 0.695. The lowest BCUT2D eigenvalue weighted by Gasteiger charge is -2.58. The van der Waals surface area contributed by atoms with Crippen LogP contribution in [0.1, 0.15) is 79.1 Å². The largest absolute Gasteiger partial charge is 0.390 e. The molecule has 1 aliphatic heterocycles. The Morgan fingerprint density at radius 3 is 2.36 bits per heavy atom. The number of carbonyl (C=O) groups excluding carboxylic acids is 2. The standard InChI is InChI=1S/C28H46N2O3/c1-18-15-23-20(16-28(18,4)33)5-6-22-21(23)9-10-27(3)24(22)7-8-25(27)26(32)17-29-11-13-30(14-12-29)19(2)31/h18,20-25,33H,5-17H2,1-4H3/t18-,20-,21+,22-,23+,24+,25-,27+,28+/m1/s1. The van der Waals surface area contributed by atoms with Gasteiger partial charge in [0.05, 0.1) is 12.1 Å². The molecule has 33 heavy (non-hydrogen) atoms. The number of ketones is 1. The Kier molecular flexibility index (Phi) is 6.21. The molecule has 9 atom stereocenters. The van der Waals surface area contributed by atoms with Gasteiger partial charge in [0.25, 0.3) is 0 Å². The van der Waals surface area contributed by atoms with E-state index in [4.69, 9.17) is 0 Å². The Morgan fingerprint density at radius 2 is 1.67 bits per heavy atom. The van der Waals surface area contributed by atoms with Gasteiger partial charge in [0.15, 0.2) is 0 Å². The maximum atomic E-state index is 13.5. The summed E-state index contributed by atoms with van der Waals surface area (Å²) in [4.78, 5) is 29.3. The molecule has 186 valence electrons. The van der Waals surface area contributed by atoms with Crippen molar-refractivity contribution < 1.29 is 14.7 Å². The Labute approximate surface area is 200 Å². The summed E-state index contributed by atoms with van der Waals surface area (Å²) in [5.74, 6) is 5.03. The van der Waals surface area contributed by atoms with Gasteiger partial charge in [-0.2, -0.15) is 0 Å². The Hall–Kier alpha value is -0.940. The van der Waals surface area contributed by atoms with Gasteiger partial charge in [-0.1, -0.05) is 13.8 Å². The van der Waals surface area contributed by atoms with E-state index in [9.17, 15) is 14.7 Å². The highest BCUT2D eigenvalue weighted by molar-refractivity contribution is 5.84. The van der Waals surface area contributed by atoms with Crippen LogP contribution >= 0.6 is 0 Å². The van der Waals surface area contributed by atoms with Crippen LogP contribution in [-0.4, -0.2) is 64.9 Å². The minimum Gasteiger partial charge on any atom is -0.390 e. The number of nitrogens with zero attached hydrogens (tertiary/aromatic N) is 2. The first kappa shape index (κ1) is 23.8. The molecule has 0 spiro atoms. The molecule has 0 radical (unpaired) electrons. The minimum absolute atomic E-state index is 0.148. The molecular formula is C28H46N2O3. The molecule has 1 saturated heterocycles. The third kappa shape index (κ3) is 4.09. The van der Waals surface area contributed by atoms with E-state index in [1.54, 1.807) is 6.92 Å². The molecule has 5 aliphatic rings. The predicted octanol–water partition coefficient (Wildman–Crippen LogP) is 3.99. The molecule has 5 nitrogen and oxygen atoms in total. The third-order valence-electron chi connectivity index (χ3n) is 11.5. The summed E-state index contributed by atoms with van der Waals surface area (Å²) in [6.07, 6.45) is 9.58. The maximum Gasteiger partial charge on any atom is 0.219 e. The van der Waals surface area contributed by atoms with Crippen LogP contribution in [0.5, 0.6) is 0 Å². The second kappa shape index (κ2) is 8.62. The van der Waals surface area contributed by atoms with Crippen molar-refractivity contribution in [3.8, 4) is 0 Å². The number of amides is 1. The van der Waals surface area contributed by atoms with E-state index in [0.29, 0.717) is 30.1 Å². The lowest BCUT2D eigenvalue weighted by Crippen LogP contribution is -2.53. The second-order valence-electron chi connectivity index (χ2n) is 13.1. The number of Topliss-reactive ketones (excluding diaryl/α,β-unsaturated/α-hetero) is 1. The molecule has 1 heterocycles. The van der Waals surface area contributed by atoms with Gasteiger partial charge in [0.2, 0.25) is 5.91 Å². The van der Waals surface area contributed by atoms with Gasteiger partial charge in [0.1, 0.15) is 5.78 Å². The predicted molar refractivity (Wildman–Crippen MR) is 129 cm³/mol. The molecule has 4 aliphatic carbocycles. The van der Waals surface area contributed by atoms with Crippen LogP contribution in [-0.2, 0) is 9.59 Å². The Balaban J connectivity index is 1.23. The lowest BCUT2D eigenvalue weighted by molar-refractivity contribution is -0.138. The SMILES string of the molecule is CC(=O)N1CCN(CC(=O)[C@H]2CC[C@H]3[C@@H]4CC[C@@H]5C[C@](C)(O)[C@H](C)C[C@@H]5[C@H]4CC[C@]23C)CC1. The average Bonchev–Trinajstić information content (AvgIpc) is 3.12. The number of aliphatic hydroxyl groups is 1. The van der Waals surface area contributed by atoms with E-state index in [2.05, 4.69) is 25.7 Å². The minimum atomic E-state index is -0.488. The van der Waals surface area contributed by atoms with Gasteiger partial charge in [-0.3, -0.25) is 14.5 Å². The third-order valence-corrected chi connectivity index (χ3v) is 11.5. The zero-order valence-electron chi connectivity index (χ0n) is 21.4. The van der Waals surface area contributed by atoms with Gasteiger partial charge in [-0.15, -0.1) is 0 Å². The molecule has 4 saturated carbocycles. The van der Waals surface area contributed by atoms with Crippen LogP contribution in [0.15, 0.2) is 0 Å². The number of rotatable bonds is 3. The van der Waals surface area contributed by atoms with Crippen molar-refractivity contribution >= 4 is 11.7 Å². The fourth-order valence-electron chi connectivity index (χ4n) is 9.33. The highest BCUT2D eigenvalue weighted by Crippen LogP contribution is 2.65. The van der Waals surface area contributed by atoms with Crippen LogP contribution in [0.2, 0.25) is 0 Å². The monoisotopic (exact) mass is 458 g/mol. The van der Waals surface area contributed by atoms with E-state index in [1.165, 1.54) is 38.5 Å². The normalized spacial score (nSPS) is 48.0. The summed E-state index contributed by atoms with van der Waals surface area (Å²) < 4.78 is 0. The van der Waals surface area contributed by atoms with Crippen molar-refractivity contribution in [3.63, 3.8) is 0 Å². The molecular weight excluding hydrogens is 412 g/mol. The molecule has 1 N–H and O–H groups in total. The Bertz CT molecular complexity index is 773. The lowest BCUT2D eigenvalue weighted by atomic mass is 9.48. The summed E-state index contributed by atoms with van der Waals surface area (Å²) in [5.41, 5.74) is -0.309. The van der Waals surface area contributed by atoms with Gasteiger partial charge in [-0.25, -0.2) is 0 Å². The van der Waals surface area contributed by atoms with Gasteiger partial charge >= 0.3 is 0 Å². The van der Waals surface area contributed by atoms with E-state index in [1.807, 2.05) is 4.90 Å². The molecule has 0 aromatic carbocycles. The van der Waals surface area contributed by atoms with Crippen LogP contribution in [0.4, 0.5) is 0 Å². The van der Waals surface area contributed by atoms with Crippen LogP contribution in [0.25, 0.3) is 0 Å². The second-order valence-corrected chi connectivity index (χ2v) is 13.1. The van der Waals surface area contributed by atoms with Crippen LogP contribution in [0.3, 0.4) is 0 Å².